The molecule has 0 aromatic heterocycles. The quantitative estimate of drug-likeness (QED) is 0.438. The van der Waals surface area contributed by atoms with Crippen LogP contribution in [0.2, 0.25) is 0 Å². The van der Waals surface area contributed by atoms with E-state index >= 15 is 0 Å². The molecule has 3 aromatic carbocycles. The van der Waals surface area contributed by atoms with Gasteiger partial charge in [0.25, 0.3) is 0 Å². The van der Waals surface area contributed by atoms with Crippen LogP contribution in [0.15, 0.2) is 71.2 Å². The zero-order valence-electron chi connectivity index (χ0n) is 16.1. The van der Waals surface area contributed by atoms with Crippen molar-refractivity contribution in [3.63, 3.8) is 0 Å². The summed E-state index contributed by atoms with van der Waals surface area (Å²) >= 11 is 3.45. The largest absolute Gasteiger partial charge is 0.497 e. The number of nitrogens with one attached hydrogen (secondary N) is 1. The third-order valence-corrected chi connectivity index (χ3v) is 4.73. The molecule has 146 valence electrons. The summed E-state index contributed by atoms with van der Waals surface area (Å²) in [5, 5.41) is 3.41. The van der Waals surface area contributed by atoms with Gasteiger partial charge in [0, 0.05) is 16.7 Å². The molecule has 4 nitrogen and oxygen atoms in total. The first kappa shape index (κ1) is 20.1. The van der Waals surface area contributed by atoms with Crippen LogP contribution in [0.5, 0.6) is 17.2 Å². The smallest absolute Gasteiger partial charge is 0.161 e. The van der Waals surface area contributed by atoms with Crippen molar-refractivity contribution in [2.75, 3.05) is 19.0 Å². The van der Waals surface area contributed by atoms with Crippen molar-refractivity contribution in [2.24, 2.45) is 0 Å². The molecule has 0 spiro atoms. The lowest BCUT2D eigenvalue weighted by Gasteiger charge is -2.14. The summed E-state index contributed by atoms with van der Waals surface area (Å²) in [5.41, 5.74) is 3.26. The van der Waals surface area contributed by atoms with E-state index in [0.717, 1.165) is 38.5 Å². The van der Waals surface area contributed by atoms with Gasteiger partial charge in [-0.1, -0.05) is 34.1 Å². The summed E-state index contributed by atoms with van der Waals surface area (Å²) < 4.78 is 18.0. The highest BCUT2D eigenvalue weighted by molar-refractivity contribution is 9.10. The molecule has 3 aromatic rings. The van der Waals surface area contributed by atoms with Crippen molar-refractivity contribution >= 4 is 21.6 Å². The fraction of sp³-hybridized carbons (Fsp3) is 0.217. The van der Waals surface area contributed by atoms with Crippen LogP contribution in [-0.2, 0) is 13.2 Å². The highest BCUT2D eigenvalue weighted by Gasteiger charge is 2.07. The topological polar surface area (TPSA) is 39.7 Å². The van der Waals surface area contributed by atoms with E-state index in [0.29, 0.717) is 19.8 Å². The minimum absolute atomic E-state index is 0.497. The Morgan fingerprint density at radius 1 is 0.821 bits per heavy atom. The maximum Gasteiger partial charge on any atom is 0.161 e. The predicted octanol–water partition coefficient (Wildman–Crippen LogP) is 6.05. The minimum atomic E-state index is 0.497. The van der Waals surface area contributed by atoms with Crippen molar-refractivity contribution in [3.05, 3.63) is 82.3 Å². The van der Waals surface area contributed by atoms with Crippen molar-refractivity contribution in [3.8, 4) is 17.2 Å². The molecule has 0 radical (unpaired) electrons. The maximum absolute atomic E-state index is 5.98. The Hall–Kier alpha value is -2.66. The molecule has 3 rings (SSSR count). The van der Waals surface area contributed by atoms with Gasteiger partial charge in [-0.25, -0.2) is 0 Å². The fourth-order valence-corrected chi connectivity index (χ4v) is 2.97. The maximum atomic E-state index is 5.98. The van der Waals surface area contributed by atoms with Crippen molar-refractivity contribution in [2.45, 2.75) is 20.1 Å². The number of methoxy groups -OCH3 is 1. The molecule has 0 amide bonds. The fourth-order valence-electron chi connectivity index (χ4n) is 2.70. The first-order chi connectivity index (χ1) is 13.7. The summed E-state index contributed by atoms with van der Waals surface area (Å²) in [6.07, 6.45) is 0. The standard InChI is InChI=1S/C23H24BrNO3/c1-3-27-23-14-18(15-25-20-9-11-21(26-2)12-10-20)6-13-22(23)28-16-17-4-7-19(24)8-5-17/h4-14,25H,3,15-16H2,1-2H3. The van der Waals surface area contributed by atoms with E-state index in [9.17, 15) is 0 Å². The molecule has 0 unspecified atom stereocenters. The molecule has 1 N–H and O–H groups in total. The summed E-state index contributed by atoms with van der Waals surface area (Å²) in [4.78, 5) is 0. The SMILES string of the molecule is CCOc1cc(CNc2ccc(OC)cc2)ccc1OCc1ccc(Br)cc1. The van der Waals surface area contributed by atoms with Gasteiger partial charge in [-0.3, -0.25) is 0 Å². The molecule has 0 aliphatic carbocycles. The Balaban J connectivity index is 1.64. The lowest BCUT2D eigenvalue weighted by atomic mass is 10.2. The summed E-state index contributed by atoms with van der Waals surface area (Å²) in [6, 6.07) is 22.0. The van der Waals surface area contributed by atoms with Crippen LogP contribution in [0.3, 0.4) is 0 Å². The molecule has 0 saturated heterocycles. The first-order valence-corrected chi connectivity index (χ1v) is 9.98. The Morgan fingerprint density at radius 2 is 1.54 bits per heavy atom. The zero-order chi connectivity index (χ0) is 19.8. The second kappa shape index (κ2) is 10.0. The van der Waals surface area contributed by atoms with Gasteiger partial charge in [-0.15, -0.1) is 0 Å². The van der Waals surface area contributed by atoms with Gasteiger partial charge in [0.05, 0.1) is 13.7 Å². The highest BCUT2D eigenvalue weighted by Crippen LogP contribution is 2.30. The number of anilines is 1. The minimum Gasteiger partial charge on any atom is -0.497 e. The Bertz CT molecular complexity index is 879. The molecule has 5 heteroatoms. The third-order valence-electron chi connectivity index (χ3n) is 4.20. The van der Waals surface area contributed by atoms with Crippen molar-refractivity contribution in [1.29, 1.82) is 0 Å². The van der Waals surface area contributed by atoms with Crippen LogP contribution in [-0.4, -0.2) is 13.7 Å². The molecule has 0 bridgehead atoms. The van der Waals surface area contributed by atoms with Gasteiger partial charge >= 0.3 is 0 Å². The highest BCUT2D eigenvalue weighted by atomic mass is 79.9. The first-order valence-electron chi connectivity index (χ1n) is 9.19. The number of rotatable bonds is 9. The van der Waals surface area contributed by atoms with E-state index in [-0.39, 0.29) is 0 Å². The second-order valence-corrected chi connectivity index (χ2v) is 7.13. The van der Waals surface area contributed by atoms with E-state index in [1.807, 2.05) is 67.6 Å². The van der Waals surface area contributed by atoms with Crippen molar-refractivity contribution in [1.82, 2.24) is 0 Å². The summed E-state index contributed by atoms with van der Waals surface area (Å²) in [7, 11) is 1.66. The number of hydrogen-bond acceptors (Lipinski definition) is 4. The Labute approximate surface area is 174 Å². The lowest BCUT2D eigenvalue weighted by Crippen LogP contribution is -2.03. The summed E-state index contributed by atoms with van der Waals surface area (Å²) in [6.45, 7) is 3.75. The molecule has 0 heterocycles. The van der Waals surface area contributed by atoms with Crippen LogP contribution in [0.25, 0.3) is 0 Å². The number of benzene rings is 3. The number of ether oxygens (including phenoxy) is 3. The molecular weight excluding hydrogens is 418 g/mol. The third kappa shape index (κ3) is 5.67. The average molecular weight is 442 g/mol. The number of halogens is 1. The van der Waals surface area contributed by atoms with Crippen LogP contribution >= 0.6 is 15.9 Å². The normalized spacial score (nSPS) is 10.4. The predicted molar refractivity (Wildman–Crippen MR) is 116 cm³/mol. The molecule has 0 saturated carbocycles. The van der Waals surface area contributed by atoms with Gasteiger partial charge in [0.1, 0.15) is 12.4 Å². The van der Waals surface area contributed by atoms with Crippen LogP contribution in [0.4, 0.5) is 5.69 Å². The van der Waals surface area contributed by atoms with E-state index < -0.39 is 0 Å². The molecule has 0 atom stereocenters. The lowest BCUT2D eigenvalue weighted by molar-refractivity contribution is 0.269. The second-order valence-electron chi connectivity index (χ2n) is 6.21. The van der Waals surface area contributed by atoms with E-state index in [2.05, 4.69) is 27.3 Å². The monoisotopic (exact) mass is 441 g/mol. The molecule has 0 aliphatic heterocycles. The van der Waals surface area contributed by atoms with Crippen LogP contribution in [0.1, 0.15) is 18.1 Å². The van der Waals surface area contributed by atoms with E-state index in [1.165, 1.54) is 0 Å². The van der Waals surface area contributed by atoms with E-state index in [4.69, 9.17) is 14.2 Å². The van der Waals surface area contributed by atoms with Crippen LogP contribution < -0.4 is 19.5 Å². The van der Waals surface area contributed by atoms with Gasteiger partial charge in [0.2, 0.25) is 0 Å². The van der Waals surface area contributed by atoms with Crippen molar-refractivity contribution < 1.29 is 14.2 Å². The van der Waals surface area contributed by atoms with Crippen LogP contribution in [0, 0.1) is 0 Å². The molecule has 28 heavy (non-hydrogen) atoms. The van der Waals surface area contributed by atoms with Gasteiger partial charge in [-0.05, 0) is 66.6 Å². The Morgan fingerprint density at radius 3 is 2.21 bits per heavy atom. The molecular formula is C23H24BrNO3. The van der Waals surface area contributed by atoms with Gasteiger partial charge in [0.15, 0.2) is 11.5 Å². The number of hydrogen-bond donors (Lipinski definition) is 1. The average Bonchev–Trinajstić information content (AvgIpc) is 2.73. The van der Waals surface area contributed by atoms with E-state index in [1.54, 1.807) is 7.11 Å². The zero-order valence-corrected chi connectivity index (χ0v) is 17.7. The Kier molecular flexibility index (Phi) is 7.20. The summed E-state index contributed by atoms with van der Waals surface area (Å²) in [5.74, 6) is 2.35. The molecule has 0 aliphatic rings. The molecule has 0 fully saturated rings. The van der Waals surface area contributed by atoms with Gasteiger partial charge in [-0.2, -0.15) is 0 Å². The van der Waals surface area contributed by atoms with Gasteiger partial charge < -0.3 is 19.5 Å².